The molecule has 1 heterocycles. The molecule has 0 spiro atoms. The molecule has 8 heteroatoms. The molecular formula is C13H18N4O3S. The van der Waals surface area contributed by atoms with Crippen molar-refractivity contribution in [2.45, 2.75) is 38.4 Å². The molecule has 2 aromatic rings. The van der Waals surface area contributed by atoms with Gasteiger partial charge in [-0.05, 0) is 31.0 Å². The average Bonchev–Trinajstić information content (AvgIpc) is 2.93. The molecular weight excluding hydrogens is 292 g/mol. The Morgan fingerprint density at radius 2 is 2.14 bits per heavy atom. The zero-order valence-electron chi connectivity index (χ0n) is 11.9. The van der Waals surface area contributed by atoms with Gasteiger partial charge in [0.15, 0.2) is 0 Å². The van der Waals surface area contributed by atoms with Gasteiger partial charge in [0.05, 0.1) is 18.0 Å². The Kier molecular flexibility index (Phi) is 4.71. The van der Waals surface area contributed by atoms with Crippen molar-refractivity contribution in [2.24, 2.45) is 0 Å². The lowest BCUT2D eigenvalue weighted by molar-refractivity contribution is 0.280. The minimum absolute atomic E-state index is 0.0684. The van der Waals surface area contributed by atoms with Crippen LogP contribution in [0.4, 0.5) is 0 Å². The number of rotatable bonds is 6. The lowest BCUT2D eigenvalue weighted by atomic mass is 10.1. The van der Waals surface area contributed by atoms with E-state index in [0.29, 0.717) is 23.5 Å². The lowest BCUT2D eigenvalue weighted by Gasteiger charge is -2.11. The fourth-order valence-electron chi connectivity index (χ4n) is 2.04. The molecule has 0 aliphatic rings. The molecule has 2 rings (SSSR count). The molecule has 0 fully saturated rings. The minimum Gasteiger partial charge on any atom is -0.392 e. The quantitative estimate of drug-likeness (QED) is 0.813. The number of aromatic nitrogens is 3. The van der Waals surface area contributed by atoms with E-state index < -0.39 is 10.0 Å². The summed E-state index contributed by atoms with van der Waals surface area (Å²) in [5.74, 6) is 0.553. The van der Waals surface area contributed by atoms with Gasteiger partial charge in [0.25, 0.3) is 0 Å². The Hall–Kier alpha value is -1.77. The Morgan fingerprint density at radius 1 is 1.38 bits per heavy atom. The van der Waals surface area contributed by atoms with Gasteiger partial charge in [0.1, 0.15) is 12.2 Å². The third-order valence-corrected chi connectivity index (χ3v) is 4.86. The van der Waals surface area contributed by atoms with Gasteiger partial charge in [-0.2, -0.15) is 0 Å². The zero-order chi connectivity index (χ0) is 15.5. The summed E-state index contributed by atoms with van der Waals surface area (Å²) in [5, 5.41) is 16.9. The van der Waals surface area contributed by atoms with Crippen molar-refractivity contribution in [3.63, 3.8) is 0 Å². The monoisotopic (exact) mass is 310 g/mol. The highest BCUT2D eigenvalue weighted by atomic mass is 32.2. The van der Waals surface area contributed by atoms with Gasteiger partial charge in [0.2, 0.25) is 10.0 Å². The summed E-state index contributed by atoms with van der Waals surface area (Å²) in [6.07, 6.45) is 1.56. The molecule has 0 atom stereocenters. The topological polar surface area (TPSA) is 97.1 Å². The van der Waals surface area contributed by atoms with Crippen LogP contribution in [0.3, 0.4) is 0 Å². The van der Waals surface area contributed by atoms with Crippen LogP contribution in [0.1, 0.15) is 23.9 Å². The van der Waals surface area contributed by atoms with Crippen LogP contribution < -0.4 is 4.72 Å². The highest BCUT2D eigenvalue weighted by Crippen LogP contribution is 2.19. The van der Waals surface area contributed by atoms with E-state index in [9.17, 15) is 13.5 Å². The maximum Gasteiger partial charge on any atom is 0.241 e. The van der Waals surface area contributed by atoms with Crippen LogP contribution in [0.2, 0.25) is 0 Å². The van der Waals surface area contributed by atoms with E-state index in [2.05, 4.69) is 14.9 Å². The van der Waals surface area contributed by atoms with Crippen molar-refractivity contribution in [1.82, 2.24) is 19.5 Å². The third-order valence-electron chi connectivity index (χ3n) is 3.31. The van der Waals surface area contributed by atoms with E-state index in [4.69, 9.17) is 0 Å². The summed E-state index contributed by atoms with van der Waals surface area (Å²) in [7, 11) is -3.67. The predicted octanol–water partition coefficient (Wildman–Crippen LogP) is 0.577. The number of nitrogens with one attached hydrogen (secondary N) is 1. The molecule has 7 nitrogen and oxygen atoms in total. The Morgan fingerprint density at radius 3 is 2.81 bits per heavy atom. The fraction of sp³-hybridized carbons (Fsp3) is 0.385. The molecule has 2 N–H and O–H groups in total. The molecule has 0 saturated carbocycles. The van der Waals surface area contributed by atoms with Crippen molar-refractivity contribution in [3.8, 4) is 0 Å². The van der Waals surface area contributed by atoms with E-state index in [1.807, 2.05) is 6.92 Å². The number of hydrogen-bond donors (Lipinski definition) is 2. The van der Waals surface area contributed by atoms with Crippen LogP contribution in [0.25, 0.3) is 0 Å². The van der Waals surface area contributed by atoms with Gasteiger partial charge in [-0.25, -0.2) is 13.1 Å². The molecule has 0 radical (unpaired) electrons. The predicted molar refractivity (Wildman–Crippen MR) is 76.8 cm³/mol. The zero-order valence-corrected chi connectivity index (χ0v) is 12.8. The van der Waals surface area contributed by atoms with E-state index in [1.54, 1.807) is 30.0 Å². The number of sulfonamides is 1. The first-order valence-corrected chi connectivity index (χ1v) is 8.03. The second-order valence-corrected chi connectivity index (χ2v) is 6.29. The van der Waals surface area contributed by atoms with E-state index in [-0.39, 0.29) is 18.0 Å². The van der Waals surface area contributed by atoms with Gasteiger partial charge in [-0.15, -0.1) is 10.2 Å². The van der Waals surface area contributed by atoms with Gasteiger partial charge in [-0.3, -0.25) is 0 Å². The SMILES string of the molecule is CCn1cnnc1CNS(=O)(=O)c1cccc(CO)c1C. The second-order valence-electron chi connectivity index (χ2n) is 4.56. The number of nitrogens with zero attached hydrogens (tertiary/aromatic N) is 3. The standard InChI is InChI=1S/C13H18N4O3S/c1-3-17-9-14-16-13(17)7-15-21(19,20)12-6-4-5-11(8-18)10(12)2/h4-6,9,15,18H,3,7-8H2,1-2H3. The van der Waals surface area contributed by atoms with Crippen LogP contribution in [-0.2, 0) is 29.7 Å². The van der Waals surface area contributed by atoms with Crippen LogP contribution in [0.5, 0.6) is 0 Å². The highest BCUT2D eigenvalue weighted by molar-refractivity contribution is 7.89. The summed E-state index contributed by atoms with van der Waals surface area (Å²) in [5.41, 5.74) is 1.14. The lowest BCUT2D eigenvalue weighted by Crippen LogP contribution is -2.26. The van der Waals surface area contributed by atoms with E-state index in [1.165, 1.54) is 6.07 Å². The second kappa shape index (κ2) is 6.33. The highest BCUT2D eigenvalue weighted by Gasteiger charge is 2.19. The van der Waals surface area contributed by atoms with Gasteiger partial charge in [-0.1, -0.05) is 12.1 Å². The summed E-state index contributed by atoms with van der Waals surface area (Å²) >= 11 is 0. The maximum absolute atomic E-state index is 12.4. The molecule has 0 aliphatic carbocycles. The number of aliphatic hydroxyl groups excluding tert-OH is 1. The largest absolute Gasteiger partial charge is 0.392 e. The first-order valence-electron chi connectivity index (χ1n) is 6.55. The molecule has 1 aromatic heterocycles. The molecule has 0 amide bonds. The molecule has 114 valence electrons. The van der Waals surface area contributed by atoms with Crippen molar-refractivity contribution in [1.29, 1.82) is 0 Å². The van der Waals surface area contributed by atoms with Crippen LogP contribution in [0.15, 0.2) is 29.4 Å². The first-order chi connectivity index (χ1) is 9.99. The van der Waals surface area contributed by atoms with E-state index in [0.717, 1.165) is 0 Å². The number of aliphatic hydroxyl groups is 1. The molecule has 1 aromatic carbocycles. The van der Waals surface area contributed by atoms with Gasteiger partial charge >= 0.3 is 0 Å². The van der Waals surface area contributed by atoms with Gasteiger partial charge < -0.3 is 9.67 Å². The summed E-state index contributed by atoms with van der Waals surface area (Å²) in [6.45, 7) is 4.15. The third kappa shape index (κ3) is 3.29. The smallest absolute Gasteiger partial charge is 0.241 e. The molecule has 0 saturated heterocycles. The molecule has 21 heavy (non-hydrogen) atoms. The molecule has 0 aliphatic heterocycles. The van der Waals surface area contributed by atoms with Crippen molar-refractivity contribution in [2.75, 3.05) is 0 Å². The summed E-state index contributed by atoms with van der Waals surface area (Å²) < 4.78 is 29.0. The van der Waals surface area contributed by atoms with E-state index >= 15 is 0 Å². The minimum atomic E-state index is -3.67. The fourth-order valence-corrected chi connectivity index (χ4v) is 3.31. The van der Waals surface area contributed by atoms with Crippen molar-refractivity contribution in [3.05, 3.63) is 41.5 Å². The van der Waals surface area contributed by atoms with Crippen molar-refractivity contribution < 1.29 is 13.5 Å². The number of benzene rings is 1. The maximum atomic E-state index is 12.4. The average molecular weight is 310 g/mol. The molecule has 0 bridgehead atoms. The van der Waals surface area contributed by atoms with Crippen LogP contribution in [0, 0.1) is 6.92 Å². The number of hydrogen-bond acceptors (Lipinski definition) is 5. The Bertz CT molecular complexity index is 725. The van der Waals surface area contributed by atoms with Crippen LogP contribution >= 0.6 is 0 Å². The van der Waals surface area contributed by atoms with Crippen molar-refractivity contribution >= 4 is 10.0 Å². The van der Waals surface area contributed by atoms with Gasteiger partial charge in [0, 0.05) is 6.54 Å². The Balaban J connectivity index is 2.23. The van der Waals surface area contributed by atoms with Crippen LogP contribution in [-0.4, -0.2) is 28.3 Å². The molecule has 0 unspecified atom stereocenters. The normalized spacial score (nSPS) is 11.8. The summed E-state index contributed by atoms with van der Waals surface area (Å²) in [4.78, 5) is 0.164. The first kappa shape index (κ1) is 15.6. The Labute approximate surface area is 123 Å². The number of aryl methyl sites for hydroxylation is 1. The summed E-state index contributed by atoms with van der Waals surface area (Å²) in [6, 6.07) is 4.82.